The zero-order valence-electron chi connectivity index (χ0n) is 12.9. The minimum atomic E-state index is -0.257. The van der Waals surface area contributed by atoms with Gasteiger partial charge in [0.2, 0.25) is 5.91 Å². The summed E-state index contributed by atoms with van der Waals surface area (Å²) in [6.07, 6.45) is 2.73. The van der Waals surface area contributed by atoms with Gasteiger partial charge in [-0.05, 0) is 42.7 Å². The fraction of sp³-hybridized carbons (Fsp3) is 0.562. The number of hydrogen-bond acceptors (Lipinski definition) is 2. The van der Waals surface area contributed by atoms with Crippen LogP contribution in [0.1, 0.15) is 45.7 Å². The van der Waals surface area contributed by atoms with Crippen LogP contribution in [0.15, 0.2) is 24.3 Å². The summed E-state index contributed by atoms with van der Waals surface area (Å²) in [5.74, 6) is -0.233. The Hall–Kier alpha value is -1.03. The number of nitrogens with one attached hydrogen (secondary N) is 1. The third-order valence-corrected chi connectivity index (χ3v) is 4.05. The molecule has 1 aromatic carbocycles. The van der Waals surface area contributed by atoms with Crippen LogP contribution < -0.4 is 5.32 Å². The van der Waals surface area contributed by atoms with Crippen molar-refractivity contribution >= 4 is 17.7 Å². The lowest BCUT2D eigenvalue weighted by Gasteiger charge is -2.28. The number of rotatable bonds is 5. The lowest BCUT2D eigenvalue weighted by Crippen LogP contribution is -2.36. The van der Waals surface area contributed by atoms with Crippen LogP contribution in [0.3, 0.4) is 0 Å². The van der Waals surface area contributed by atoms with E-state index in [-0.39, 0.29) is 28.4 Å². The first-order valence-corrected chi connectivity index (χ1v) is 8.10. The van der Waals surface area contributed by atoms with Crippen molar-refractivity contribution in [3.63, 3.8) is 0 Å². The number of halogens is 1. The molecule has 0 radical (unpaired) electrons. The molecule has 0 saturated carbocycles. The van der Waals surface area contributed by atoms with Crippen molar-refractivity contribution in [2.45, 2.75) is 45.4 Å². The first-order valence-electron chi connectivity index (χ1n) is 6.81. The van der Waals surface area contributed by atoms with Gasteiger partial charge in [-0.1, -0.05) is 32.9 Å². The molecule has 0 saturated heterocycles. The summed E-state index contributed by atoms with van der Waals surface area (Å²) in [5, 5.41) is 2.99. The van der Waals surface area contributed by atoms with Crippen LogP contribution in [0.25, 0.3) is 0 Å². The Morgan fingerprint density at radius 1 is 1.30 bits per heavy atom. The van der Waals surface area contributed by atoms with Crippen molar-refractivity contribution in [1.82, 2.24) is 5.32 Å². The molecule has 1 rings (SSSR count). The molecule has 1 amide bonds. The first kappa shape index (κ1) is 17.0. The Morgan fingerprint density at radius 2 is 1.85 bits per heavy atom. The molecule has 112 valence electrons. The second-order valence-corrected chi connectivity index (χ2v) is 7.43. The van der Waals surface area contributed by atoms with E-state index in [1.807, 2.05) is 13.2 Å². The summed E-state index contributed by atoms with van der Waals surface area (Å²) in [5.41, 5.74) is 1.03. The molecule has 4 heteroatoms. The van der Waals surface area contributed by atoms with Gasteiger partial charge in [0.05, 0.1) is 11.3 Å². The van der Waals surface area contributed by atoms with Gasteiger partial charge < -0.3 is 5.32 Å². The Morgan fingerprint density at radius 3 is 2.30 bits per heavy atom. The lowest BCUT2D eigenvalue weighted by molar-refractivity contribution is -0.121. The Balaban J connectivity index is 2.91. The monoisotopic (exact) mass is 297 g/mol. The highest BCUT2D eigenvalue weighted by Gasteiger charge is 2.23. The largest absolute Gasteiger partial charge is 0.348 e. The zero-order valence-corrected chi connectivity index (χ0v) is 13.7. The summed E-state index contributed by atoms with van der Waals surface area (Å²) in [6, 6.07) is 6.29. The summed E-state index contributed by atoms with van der Waals surface area (Å²) >= 11 is 1.52. The topological polar surface area (TPSA) is 29.1 Å². The maximum Gasteiger partial charge on any atom is 0.233 e. The SMILES string of the molecule is CS[C@H](C)C(=O)N[C@@H](CC(C)(C)C)c1ccc(F)cc1. The number of thioether (sulfide) groups is 1. The minimum absolute atomic E-state index is 0.0241. The smallest absolute Gasteiger partial charge is 0.233 e. The highest BCUT2D eigenvalue weighted by atomic mass is 32.2. The van der Waals surface area contributed by atoms with Gasteiger partial charge in [-0.25, -0.2) is 4.39 Å². The van der Waals surface area contributed by atoms with Gasteiger partial charge in [-0.3, -0.25) is 4.79 Å². The standard InChI is InChI=1S/C16H24FNOS/c1-11(20-5)15(19)18-14(10-16(2,3)4)12-6-8-13(17)9-7-12/h6-9,11,14H,10H2,1-5H3,(H,18,19)/t11-,14+/m1/s1. The molecule has 1 aromatic rings. The fourth-order valence-electron chi connectivity index (χ4n) is 1.96. The van der Waals surface area contributed by atoms with E-state index >= 15 is 0 Å². The van der Waals surface area contributed by atoms with Crippen molar-refractivity contribution in [2.24, 2.45) is 5.41 Å². The number of carbonyl (C=O) groups is 1. The van der Waals surface area contributed by atoms with Crippen LogP contribution in [0.2, 0.25) is 0 Å². The molecule has 0 aliphatic rings. The third kappa shape index (κ3) is 5.53. The molecule has 2 nitrogen and oxygen atoms in total. The average Bonchev–Trinajstić information content (AvgIpc) is 2.36. The van der Waals surface area contributed by atoms with Gasteiger partial charge >= 0.3 is 0 Å². The van der Waals surface area contributed by atoms with E-state index < -0.39 is 0 Å². The van der Waals surface area contributed by atoms with E-state index in [0.717, 1.165) is 12.0 Å². The van der Waals surface area contributed by atoms with Crippen molar-refractivity contribution < 1.29 is 9.18 Å². The molecule has 0 bridgehead atoms. The highest BCUT2D eigenvalue weighted by Crippen LogP contribution is 2.29. The number of benzene rings is 1. The second-order valence-electron chi connectivity index (χ2n) is 6.26. The predicted molar refractivity (Wildman–Crippen MR) is 84.3 cm³/mol. The molecular formula is C16H24FNOS. The summed E-state index contributed by atoms with van der Waals surface area (Å²) < 4.78 is 13.0. The van der Waals surface area contributed by atoms with E-state index in [9.17, 15) is 9.18 Å². The first-order chi connectivity index (χ1) is 9.23. The van der Waals surface area contributed by atoms with Crippen LogP contribution in [0.4, 0.5) is 4.39 Å². The molecule has 0 aliphatic carbocycles. The molecule has 0 fully saturated rings. The van der Waals surface area contributed by atoms with E-state index in [2.05, 4.69) is 26.1 Å². The molecule has 0 heterocycles. The van der Waals surface area contributed by atoms with E-state index in [4.69, 9.17) is 0 Å². The van der Waals surface area contributed by atoms with Crippen molar-refractivity contribution in [1.29, 1.82) is 0 Å². The molecule has 1 N–H and O–H groups in total. The van der Waals surface area contributed by atoms with Gasteiger partial charge in [0.25, 0.3) is 0 Å². The Bertz CT molecular complexity index is 439. The van der Waals surface area contributed by atoms with Crippen LogP contribution >= 0.6 is 11.8 Å². The normalized spacial score (nSPS) is 14.7. The predicted octanol–water partition coefficient (Wildman–Crippen LogP) is 4.17. The maximum absolute atomic E-state index is 13.0. The van der Waals surface area contributed by atoms with E-state index in [1.165, 1.54) is 23.9 Å². The lowest BCUT2D eigenvalue weighted by atomic mass is 9.85. The van der Waals surface area contributed by atoms with Gasteiger partial charge in [-0.15, -0.1) is 0 Å². The zero-order chi connectivity index (χ0) is 15.3. The molecular weight excluding hydrogens is 273 g/mol. The molecule has 0 unspecified atom stereocenters. The number of carbonyl (C=O) groups excluding carboxylic acids is 1. The number of hydrogen-bond donors (Lipinski definition) is 1. The maximum atomic E-state index is 13.0. The van der Waals surface area contributed by atoms with E-state index in [1.54, 1.807) is 12.1 Å². The molecule has 0 aliphatic heterocycles. The van der Waals surface area contributed by atoms with Crippen LogP contribution in [0.5, 0.6) is 0 Å². The van der Waals surface area contributed by atoms with Gasteiger partial charge in [0.15, 0.2) is 0 Å². The van der Waals surface area contributed by atoms with Gasteiger partial charge in [0.1, 0.15) is 5.82 Å². The summed E-state index contributed by atoms with van der Waals surface area (Å²) in [4.78, 5) is 12.1. The Labute approximate surface area is 125 Å². The summed E-state index contributed by atoms with van der Waals surface area (Å²) in [6.45, 7) is 8.29. The van der Waals surface area contributed by atoms with Crippen LogP contribution in [-0.4, -0.2) is 17.4 Å². The quantitative estimate of drug-likeness (QED) is 0.883. The number of amides is 1. The molecule has 2 atom stereocenters. The molecule has 0 spiro atoms. The van der Waals surface area contributed by atoms with Gasteiger partial charge in [0, 0.05) is 0 Å². The van der Waals surface area contributed by atoms with E-state index in [0.29, 0.717) is 0 Å². The third-order valence-electron chi connectivity index (χ3n) is 3.13. The van der Waals surface area contributed by atoms with Crippen molar-refractivity contribution in [2.75, 3.05) is 6.26 Å². The van der Waals surface area contributed by atoms with Gasteiger partial charge in [-0.2, -0.15) is 11.8 Å². The Kier molecular flexibility index (Phi) is 6.06. The van der Waals surface area contributed by atoms with Crippen molar-refractivity contribution in [3.8, 4) is 0 Å². The van der Waals surface area contributed by atoms with Crippen LogP contribution in [0, 0.1) is 11.2 Å². The minimum Gasteiger partial charge on any atom is -0.348 e. The molecule has 20 heavy (non-hydrogen) atoms. The second kappa shape index (κ2) is 7.11. The summed E-state index contributed by atoms with van der Waals surface area (Å²) in [7, 11) is 0. The highest BCUT2D eigenvalue weighted by molar-refractivity contribution is 7.99. The fourth-order valence-corrected chi connectivity index (χ4v) is 2.24. The molecule has 0 aromatic heterocycles. The van der Waals surface area contributed by atoms with Crippen molar-refractivity contribution in [3.05, 3.63) is 35.6 Å². The van der Waals surface area contributed by atoms with Crippen LogP contribution in [-0.2, 0) is 4.79 Å². The average molecular weight is 297 g/mol.